The summed E-state index contributed by atoms with van der Waals surface area (Å²) in [4.78, 5) is 6.77. The second-order valence-electron chi connectivity index (χ2n) is 3.64. The predicted octanol–water partition coefficient (Wildman–Crippen LogP) is 2.08. The Kier molecular flexibility index (Phi) is 3.41. The molecule has 2 N–H and O–H groups in total. The zero-order valence-corrected chi connectivity index (χ0v) is 10.4. The van der Waals surface area contributed by atoms with Crippen molar-refractivity contribution in [3.05, 3.63) is 9.98 Å². The summed E-state index contributed by atoms with van der Waals surface area (Å²) in [5.74, 6) is 0.645. The fourth-order valence-electron chi connectivity index (χ4n) is 1.82. The number of aromatic nitrogens is 1. The first-order chi connectivity index (χ1) is 6.79. The Hall–Kier alpha value is -0.130. The number of thiazole rings is 1. The van der Waals surface area contributed by atoms with Crippen LogP contribution < -0.4 is 10.6 Å². The second-order valence-corrected chi connectivity index (χ2v) is 5.29. The van der Waals surface area contributed by atoms with Crippen LogP contribution in [0.4, 0.5) is 5.13 Å². The van der Waals surface area contributed by atoms with Crippen molar-refractivity contribution in [2.24, 2.45) is 11.7 Å². The van der Waals surface area contributed by atoms with E-state index in [-0.39, 0.29) is 0 Å². The van der Waals surface area contributed by atoms with Gasteiger partial charge in [0.1, 0.15) is 4.60 Å². The molecule has 2 rings (SSSR count). The Bertz CT molecular complexity index is 302. The quantitative estimate of drug-likeness (QED) is 0.899. The van der Waals surface area contributed by atoms with Crippen molar-refractivity contribution in [1.29, 1.82) is 0 Å². The average molecular weight is 276 g/mol. The number of nitrogens with two attached hydrogens (primary N) is 1. The molecule has 78 valence electrons. The molecule has 1 atom stereocenters. The molecule has 5 heteroatoms. The van der Waals surface area contributed by atoms with E-state index in [9.17, 15) is 0 Å². The number of hydrogen-bond acceptors (Lipinski definition) is 4. The molecule has 1 aromatic heterocycles. The minimum atomic E-state index is 0.645. The summed E-state index contributed by atoms with van der Waals surface area (Å²) in [6.45, 7) is 2.98. The largest absolute Gasteiger partial charge is 0.348 e. The topological polar surface area (TPSA) is 42.1 Å². The van der Waals surface area contributed by atoms with Crippen LogP contribution in [0.3, 0.4) is 0 Å². The van der Waals surface area contributed by atoms with Crippen LogP contribution in [-0.4, -0.2) is 24.6 Å². The van der Waals surface area contributed by atoms with Crippen molar-refractivity contribution < 1.29 is 0 Å². The van der Waals surface area contributed by atoms with Gasteiger partial charge in [0, 0.05) is 18.5 Å². The predicted molar refractivity (Wildman–Crippen MR) is 63.8 cm³/mol. The highest BCUT2D eigenvalue weighted by Gasteiger charge is 2.20. The fourth-order valence-corrected chi connectivity index (χ4v) is 3.11. The van der Waals surface area contributed by atoms with Crippen molar-refractivity contribution in [2.75, 3.05) is 24.5 Å². The van der Waals surface area contributed by atoms with Crippen LogP contribution in [0.1, 0.15) is 12.8 Å². The zero-order valence-electron chi connectivity index (χ0n) is 7.95. The van der Waals surface area contributed by atoms with E-state index in [1.165, 1.54) is 12.8 Å². The van der Waals surface area contributed by atoms with E-state index in [0.717, 1.165) is 29.4 Å². The summed E-state index contributed by atoms with van der Waals surface area (Å²) < 4.78 is 0.937. The fraction of sp³-hybridized carbons (Fsp3) is 0.667. The van der Waals surface area contributed by atoms with Gasteiger partial charge in [0.2, 0.25) is 0 Å². The molecule has 0 bridgehead atoms. The standard InChI is InChI=1S/C9H14BrN3S/c10-8-6-14-9(12-8)13-3-1-2-7(4-11)5-13/h6-7H,1-5,11H2. The van der Waals surface area contributed by atoms with Crippen LogP contribution in [0.25, 0.3) is 0 Å². The van der Waals surface area contributed by atoms with Crippen LogP contribution in [0.2, 0.25) is 0 Å². The minimum Gasteiger partial charge on any atom is -0.348 e. The Morgan fingerprint density at radius 1 is 1.71 bits per heavy atom. The van der Waals surface area contributed by atoms with E-state index in [0.29, 0.717) is 5.92 Å². The molecule has 14 heavy (non-hydrogen) atoms. The summed E-state index contributed by atoms with van der Waals surface area (Å²) in [5.41, 5.74) is 5.70. The van der Waals surface area contributed by atoms with Gasteiger partial charge in [-0.1, -0.05) is 0 Å². The first-order valence-corrected chi connectivity index (χ1v) is 6.53. The van der Waals surface area contributed by atoms with Gasteiger partial charge in [-0.3, -0.25) is 0 Å². The maximum Gasteiger partial charge on any atom is 0.186 e. The van der Waals surface area contributed by atoms with Gasteiger partial charge in [0.05, 0.1) is 0 Å². The van der Waals surface area contributed by atoms with Crippen molar-refractivity contribution in [1.82, 2.24) is 4.98 Å². The summed E-state index contributed by atoms with van der Waals surface area (Å²) in [6.07, 6.45) is 2.50. The normalized spacial score (nSPS) is 22.7. The van der Waals surface area contributed by atoms with Crippen molar-refractivity contribution in [2.45, 2.75) is 12.8 Å². The van der Waals surface area contributed by atoms with Gasteiger partial charge in [-0.2, -0.15) is 0 Å². The number of rotatable bonds is 2. The highest BCUT2D eigenvalue weighted by Crippen LogP contribution is 2.27. The van der Waals surface area contributed by atoms with Gasteiger partial charge in [0.25, 0.3) is 0 Å². The molecule has 3 nitrogen and oxygen atoms in total. The summed E-state index contributed by atoms with van der Waals surface area (Å²) in [7, 11) is 0. The van der Waals surface area contributed by atoms with Crippen LogP contribution in [0.15, 0.2) is 9.98 Å². The maximum absolute atomic E-state index is 5.70. The molecule has 0 saturated carbocycles. The SMILES string of the molecule is NCC1CCCN(c2nc(Br)cs2)C1. The molecule has 0 radical (unpaired) electrons. The monoisotopic (exact) mass is 275 g/mol. The third-order valence-electron chi connectivity index (χ3n) is 2.59. The average Bonchev–Trinajstić information content (AvgIpc) is 2.65. The van der Waals surface area contributed by atoms with Crippen LogP contribution in [-0.2, 0) is 0 Å². The number of nitrogens with zero attached hydrogens (tertiary/aromatic N) is 2. The lowest BCUT2D eigenvalue weighted by Gasteiger charge is -2.31. The van der Waals surface area contributed by atoms with Gasteiger partial charge in [-0.15, -0.1) is 11.3 Å². The highest BCUT2D eigenvalue weighted by molar-refractivity contribution is 9.10. The Labute approximate surface area is 96.4 Å². The smallest absolute Gasteiger partial charge is 0.186 e. The molecule has 0 aliphatic carbocycles. The van der Waals surface area contributed by atoms with E-state index in [4.69, 9.17) is 5.73 Å². The van der Waals surface area contributed by atoms with Gasteiger partial charge in [-0.25, -0.2) is 4.98 Å². The molecular weight excluding hydrogens is 262 g/mol. The molecule has 1 aromatic rings. The molecular formula is C9H14BrN3S. The van der Waals surface area contributed by atoms with Gasteiger partial charge >= 0.3 is 0 Å². The molecule has 1 unspecified atom stereocenters. The molecule has 1 aliphatic heterocycles. The molecule has 1 fully saturated rings. The van der Waals surface area contributed by atoms with Crippen molar-refractivity contribution in [3.63, 3.8) is 0 Å². The summed E-state index contributed by atoms with van der Waals surface area (Å²) in [5, 5.41) is 3.15. The lowest BCUT2D eigenvalue weighted by Crippen LogP contribution is -2.38. The highest BCUT2D eigenvalue weighted by atomic mass is 79.9. The first-order valence-electron chi connectivity index (χ1n) is 4.85. The van der Waals surface area contributed by atoms with Crippen LogP contribution in [0, 0.1) is 5.92 Å². The zero-order chi connectivity index (χ0) is 9.97. The third kappa shape index (κ3) is 2.27. The molecule has 0 amide bonds. The lowest BCUT2D eigenvalue weighted by molar-refractivity contribution is 0.423. The van der Waals surface area contributed by atoms with Gasteiger partial charge < -0.3 is 10.6 Å². The van der Waals surface area contributed by atoms with Crippen molar-refractivity contribution in [3.8, 4) is 0 Å². The summed E-state index contributed by atoms with van der Waals surface area (Å²) >= 11 is 5.07. The van der Waals surface area contributed by atoms with Gasteiger partial charge in [0.15, 0.2) is 5.13 Å². The van der Waals surface area contributed by atoms with E-state index in [1.807, 2.05) is 5.38 Å². The van der Waals surface area contributed by atoms with E-state index in [2.05, 4.69) is 25.8 Å². The number of hydrogen-bond donors (Lipinski definition) is 1. The van der Waals surface area contributed by atoms with E-state index < -0.39 is 0 Å². The number of anilines is 1. The number of piperidine rings is 1. The maximum atomic E-state index is 5.70. The Morgan fingerprint density at radius 3 is 3.21 bits per heavy atom. The van der Waals surface area contributed by atoms with Crippen molar-refractivity contribution >= 4 is 32.4 Å². The molecule has 2 heterocycles. The van der Waals surface area contributed by atoms with Crippen LogP contribution in [0.5, 0.6) is 0 Å². The molecule has 0 spiro atoms. The molecule has 1 aliphatic rings. The summed E-state index contributed by atoms with van der Waals surface area (Å²) in [6, 6.07) is 0. The third-order valence-corrected chi connectivity index (χ3v) is 4.20. The lowest BCUT2D eigenvalue weighted by atomic mass is 9.99. The Balaban J connectivity index is 2.04. The van der Waals surface area contributed by atoms with E-state index in [1.54, 1.807) is 11.3 Å². The molecule has 0 aromatic carbocycles. The first kappa shape index (κ1) is 10.4. The minimum absolute atomic E-state index is 0.645. The Morgan fingerprint density at radius 2 is 2.57 bits per heavy atom. The second kappa shape index (κ2) is 4.59. The van der Waals surface area contributed by atoms with E-state index >= 15 is 0 Å². The molecule has 1 saturated heterocycles. The van der Waals surface area contributed by atoms with Gasteiger partial charge in [-0.05, 0) is 41.2 Å². The van der Waals surface area contributed by atoms with Crippen LogP contribution >= 0.6 is 27.3 Å². The number of halogens is 1.